The van der Waals surface area contributed by atoms with E-state index in [0.717, 1.165) is 0 Å². The van der Waals surface area contributed by atoms with Crippen molar-refractivity contribution in [2.45, 2.75) is 26.8 Å². The van der Waals surface area contributed by atoms with Crippen molar-refractivity contribution in [3.05, 3.63) is 11.3 Å². The van der Waals surface area contributed by atoms with Gasteiger partial charge in [-0.25, -0.2) is 5.01 Å². The topological polar surface area (TPSA) is 9.72 Å². The molecular formula is C9H19N3. The van der Waals surface area contributed by atoms with Gasteiger partial charge >= 0.3 is 0 Å². The molecule has 1 heterocycles. The zero-order valence-electron chi connectivity index (χ0n) is 8.92. The Kier molecular flexibility index (Phi) is 2.44. The van der Waals surface area contributed by atoms with Crippen LogP contribution in [0.3, 0.4) is 0 Å². The normalized spacial score (nSPS) is 28.5. The van der Waals surface area contributed by atoms with Crippen LogP contribution in [0, 0.1) is 0 Å². The van der Waals surface area contributed by atoms with Crippen LogP contribution in [-0.2, 0) is 0 Å². The van der Waals surface area contributed by atoms with Gasteiger partial charge in [0.2, 0.25) is 0 Å². The summed E-state index contributed by atoms with van der Waals surface area (Å²) in [5.41, 5.74) is 2.79. The minimum absolute atomic E-state index is 0.506. The molecule has 0 aliphatic carbocycles. The summed E-state index contributed by atoms with van der Waals surface area (Å²) < 4.78 is 0. The van der Waals surface area contributed by atoms with E-state index in [0.29, 0.717) is 6.04 Å². The van der Waals surface area contributed by atoms with Crippen LogP contribution in [0.15, 0.2) is 11.3 Å². The smallest absolute Gasteiger partial charge is 0.0458 e. The Morgan fingerprint density at radius 3 is 2.08 bits per heavy atom. The monoisotopic (exact) mass is 169 g/mol. The van der Waals surface area contributed by atoms with Gasteiger partial charge in [0.05, 0.1) is 0 Å². The number of rotatable bonds is 0. The Morgan fingerprint density at radius 1 is 1.08 bits per heavy atom. The maximum Gasteiger partial charge on any atom is 0.0458 e. The molecule has 12 heavy (non-hydrogen) atoms. The van der Waals surface area contributed by atoms with Crippen molar-refractivity contribution >= 4 is 0 Å². The Hall–Kier alpha value is -0.540. The molecular weight excluding hydrogens is 150 g/mol. The highest BCUT2D eigenvalue weighted by molar-refractivity contribution is 5.15. The Morgan fingerprint density at radius 2 is 1.58 bits per heavy atom. The molecule has 0 N–H and O–H groups in total. The third-order valence-electron chi connectivity index (χ3n) is 3.13. The molecule has 0 bridgehead atoms. The number of nitrogens with zero attached hydrogens (tertiary/aromatic N) is 3. The van der Waals surface area contributed by atoms with Gasteiger partial charge in [0.25, 0.3) is 0 Å². The molecule has 1 rings (SSSR count). The highest BCUT2D eigenvalue weighted by Crippen LogP contribution is 2.23. The van der Waals surface area contributed by atoms with E-state index in [1.807, 2.05) is 0 Å². The third-order valence-corrected chi connectivity index (χ3v) is 3.13. The summed E-state index contributed by atoms with van der Waals surface area (Å²) in [6.45, 7) is 6.58. The summed E-state index contributed by atoms with van der Waals surface area (Å²) in [6.07, 6.45) is 0. The molecule has 0 aromatic rings. The summed E-state index contributed by atoms with van der Waals surface area (Å²) in [4.78, 5) is 0. The molecule has 0 saturated carbocycles. The van der Waals surface area contributed by atoms with E-state index >= 15 is 0 Å². The standard InChI is InChI=1S/C9H19N3/c1-7-8(2)10(4)12(6)11(5)9(7)3/h8H,1-6H3. The van der Waals surface area contributed by atoms with Gasteiger partial charge in [0, 0.05) is 32.9 Å². The Labute approximate surface area is 75.2 Å². The summed E-state index contributed by atoms with van der Waals surface area (Å²) in [5, 5.41) is 6.52. The molecule has 0 aromatic carbocycles. The Bertz CT molecular complexity index is 188. The van der Waals surface area contributed by atoms with Crippen LogP contribution in [0.2, 0.25) is 0 Å². The van der Waals surface area contributed by atoms with Crippen molar-refractivity contribution in [1.82, 2.24) is 15.1 Å². The van der Waals surface area contributed by atoms with E-state index in [1.165, 1.54) is 11.3 Å². The van der Waals surface area contributed by atoms with Crippen LogP contribution in [0.25, 0.3) is 0 Å². The third kappa shape index (κ3) is 1.23. The van der Waals surface area contributed by atoms with E-state index in [9.17, 15) is 0 Å². The molecule has 1 aliphatic heterocycles. The minimum Gasteiger partial charge on any atom is -0.300 e. The molecule has 3 nitrogen and oxygen atoms in total. The maximum atomic E-state index is 2.22. The fraction of sp³-hybridized carbons (Fsp3) is 0.778. The first-order valence-electron chi connectivity index (χ1n) is 4.34. The van der Waals surface area contributed by atoms with Crippen molar-refractivity contribution in [1.29, 1.82) is 0 Å². The first kappa shape index (κ1) is 9.55. The van der Waals surface area contributed by atoms with Crippen molar-refractivity contribution in [2.24, 2.45) is 0 Å². The van der Waals surface area contributed by atoms with Gasteiger partial charge < -0.3 is 5.01 Å². The van der Waals surface area contributed by atoms with Gasteiger partial charge in [0.15, 0.2) is 0 Å². The van der Waals surface area contributed by atoms with E-state index in [2.05, 4.69) is 57.0 Å². The van der Waals surface area contributed by atoms with Gasteiger partial charge in [-0.05, 0) is 26.3 Å². The average molecular weight is 169 g/mol. The predicted molar refractivity (Wildman–Crippen MR) is 51.1 cm³/mol. The average Bonchev–Trinajstić information content (AvgIpc) is 2.08. The second kappa shape index (κ2) is 3.07. The quantitative estimate of drug-likeness (QED) is 0.541. The summed E-state index contributed by atoms with van der Waals surface area (Å²) in [7, 11) is 6.27. The number of hydrazine groups is 2. The van der Waals surface area contributed by atoms with Crippen molar-refractivity contribution in [2.75, 3.05) is 21.1 Å². The van der Waals surface area contributed by atoms with E-state index in [1.54, 1.807) is 0 Å². The number of likely N-dealkylation sites (N-methyl/N-ethyl adjacent to an activating group) is 1. The first-order valence-corrected chi connectivity index (χ1v) is 4.34. The van der Waals surface area contributed by atoms with Crippen LogP contribution < -0.4 is 0 Å². The largest absolute Gasteiger partial charge is 0.300 e. The molecule has 0 fully saturated rings. The lowest BCUT2D eigenvalue weighted by Gasteiger charge is -2.46. The van der Waals surface area contributed by atoms with Crippen LogP contribution in [-0.4, -0.2) is 42.3 Å². The summed E-state index contributed by atoms with van der Waals surface area (Å²) >= 11 is 0. The number of allylic oxidation sites excluding steroid dienone is 1. The van der Waals surface area contributed by atoms with E-state index in [-0.39, 0.29) is 0 Å². The van der Waals surface area contributed by atoms with Gasteiger partial charge in [0.1, 0.15) is 0 Å². The molecule has 3 heteroatoms. The molecule has 1 atom stereocenters. The molecule has 0 amide bonds. The highest BCUT2D eigenvalue weighted by atomic mass is 15.9. The van der Waals surface area contributed by atoms with Crippen LogP contribution in [0.1, 0.15) is 20.8 Å². The molecule has 0 radical (unpaired) electrons. The summed E-state index contributed by atoms with van der Waals surface area (Å²) in [6, 6.07) is 0.506. The molecule has 0 aromatic heterocycles. The molecule has 0 spiro atoms. The lowest BCUT2D eigenvalue weighted by atomic mass is 10.1. The lowest BCUT2D eigenvalue weighted by molar-refractivity contribution is -0.147. The van der Waals surface area contributed by atoms with Crippen LogP contribution in [0.5, 0.6) is 0 Å². The SMILES string of the molecule is CC1=C(C)N(C)N(C)N(C)C1C. The lowest BCUT2D eigenvalue weighted by Crippen LogP contribution is -2.54. The van der Waals surface area contributed by atoms with Gasteiger partial charge in [-0.2, -0.15) is 5.12 Å². The number of hydrogen-bond acceptors (Lipinski definition) is 3. The second-order valence-corrected chi connectivity index (χ2v) is 3.53. The molecule has 0 saturated heterocycles. The molecule has 1 unspecified atom stereocenters. The highest BCUT2D eigenvalue weighted by Gasteiger charge is 2.26. The second-order valence-electron chi connectivity index (χ2n) is 3.53. The van der Waals surface area contributed by atoms with E-state index < -0.39 is 0 Å². The van der Waals surface area contributed by atoms with Crippen LogP contribution >= 0.6 is 0 Å². The van der Waals surface area contributed by atoms with Crippen molar-refractivity contribution < 1.29 is 0 Å². The summed E-state index contributed by atoms with van der Waals surface area (Å²) in [5.74, 6) is 0. The van der Waals surface area contributed by atoms with Crippen molar-refractivity contribution in [3.63, 3.8) is 0 Å². The first-order chi connectivity index (χ1) is 5.46. The van der Waals surface area contributed by atoms with Gasteiger partial charge in [-0.1, -0.05) is 0 Å². The fourth-order valence-electron chi connectivity index (χ4n) is 1.52. The zero-order valence-corrected chi connectivity index (χ0v) is 8.92. The van der Waals surface area contributed by atoms with Crippen molar-refractivity contribution in [3.8, 4) is 0 Å². The molecule has 70 valence electrons. The van der Waals surface area contributed by atoms with Crippen LogP contribution in [0.4, 0.5) is 0 Å². The molecule has 1 aliphatic rings. The maximum absolute atomic E-state index is 2.22. The number of hydrogen-bond donors (Lipinski definition) is 0. The fourth-order valence-corrected chi connectivity index (χ4v) is 1.52. The minimum atomic E-state index is 0.506. The van der Waals surface area contributed by atoms with Gasteiger partial charge in [-0.3, -0.25) is 0 Å². The van der Waals surface area contributed by atoms with E-state index in [4.69, 9.17) is 0 Å². The predicted octanol–water partition coefficient (Wildman–Crippen LogP) is 1.31. The zero-order chi connectivity index (χ0) is 9.46. The Balaban J connectivity index is 3.00. The van der Waals surface area contributed by atoms with Gasteiger partial charge in [-0.15, -0.1) is 0 Å².